The predicted octanol–water partition coefficient (Wildman–Crippen LogP) is 3.58. The summed E-state index contributed by atoms with van der Waals surface area (Å²) >= 11 is 0. The fraction of sp³-hybridized carbons (Fsp3) is 0.526. The molecule has 2 aromatic rings. The molecule has 0 radical (unpaired) electrons. The number of nitrogens with zero attached hydrogens (tertiary/aromatic N) is 3. The molecule has 1 aliphatic heterocycles. The van der Waals surface area contributed by atoms with Crippen LogP contribution in [0.3, 0.4) is 0 Å². The van der Waals surface area contributed by atoms with Crippen molar-refractivity contribution in [3.05, 3.63) is 36.0 Å². The molecule has 0 N–H and O–H groups in total. The molecule has 1 saturated heterocycles. The van der Waals surface area contributed by atoms with Crippen molar-refractivity contribution in [2.24, 2.45) is 5.92 Å². The number of para-hydroxylation sites is 1. The minimum atomic E-state index is 0.804. The van der Waals surface area contributed by atoms with Gasteiger partial charge in [0.1, 0.15) is 0 Å². The number of piperidine rings is 1. The second-order valence-corrected chi connectivity index (χ2v) is 6.63. The van der Waals surface area contributed by atoms with E-state index in [0.29, 0.717) is 0 Å². The molecule has 0 bridgehead atoms. The highest BCUT2D eigenvalue weighted by Crippen LogP contribution is 2.28. The lowest BCUT2D eigenvalue weighted by molar-refractivity contribution is 0.222. The van der Waals surface area contributed by atoms with Gasteiger partial charge in [-0.2, -0.15) is 0 Å². The van der Waals surface area contributed by atoms with E-state index in [1.807, 2.05) is 0 Å². The standard InChI is InChI=1S/C19H27N3/c1-4-16-13-19(17-7-5-6-8-18(17)20-16)22(3)14-15-9-11-21(2)12-10-15/h5-8,13,15H,4,9-12,14H2,1-3H3. The molecule has 3 nitrogen and oxygen atoms in total. The molecular weight excluding hydrogens is 270 g/mol. The highest BCUT2D eigenvalue weighted by molar-refractivity contribution is 5.91. The molecule has 0 spiro atoms. The van der Waals surface area contributed by atoms with Gasteiger partial charge in [-0.25, -0.2) is 0 Å². The summed E-state index contributed by atoms with van der Waals surface area (Å²) in [4.78, 5) is 9.64. The molecule has 1 aromatic carbocycles. The van der Waals surface area contributed by atoms with Gasteiger partial charge >= 0.3 is 0 Å². The average Bonchev–Trinajstić information content (AvgIpc) is 2.55. The summed E-state index contributed by atoms with van der Waals surface area (Å²) in [7, 11) is 4.46. The number of hydrogen-bond acceptors (Lipinski definition) is 3. The molecule has 2 heterocycles. The second-order valence-electron chi connectivity index (χ2n) is 6.63. The van der Waals surface area contributed by atoms with E-state index in [2.05, 4.69) is 61.2 Å². The number of aryl methyl sites for hydroxylation is 1. The first-order chi connectivity index (χ1) is 10.7. The van der Waals surface area contributed by atoms with Gasteiger partial charge in [-0.05, 0) is 57.5 Å². The van der Waals surface area contributed by atoms with Crippen LogP contribution < -0.4 is 4.90 Å². The Kier molecular flexibility index (Phi) is 4.63. The van der Waals surface area contributed by atoms with Gasteiger partial charge in [0.15, 0.2) is 0 Å². The Bertz CT molecular complexity index is 630. The topological polar surface area (TPSA) is 19.4 Å². The molecule has 0 saturated carbocycles. The summed E-state index contributed by atoms with van der Waals surface area (Å²) in [5.74, 6) is 0.804. The van der Waals surface area contributed by atoms with Crippen LogP contribution in [0.5, 0.6) is 0 Å². The monoisotopic (exact) mass is 297 g/mol. The van der Waals surface area contributed by atoms with Crippen LogP contribution in [0.2, 0.25) is 0 Å². The van der Waals surface area contributed by atoms with Crippen molar-refractivity contribution in [3.63, 3.8) is 0 Å². The summed E-state index contributed by atoms with van der Waals surface area (Å²) in [5.41, 5.74) is 3.64. The third-order valence-electron chi connectivity index (χ3n) is 4.89. The zero-order valence-electron chi connectivity index (χ0n) is 14.0. The molecule has 1 aliphatic rings. The lowest BCUT2D eigenvalue weighted by Crippen LogP contribution is -2.35. The van der Waals surface area contributed by atoms with Gasteiger partial charge < -0.3 is 9.80 Å². The van der Waals surface area contributed by atoms with Crippen LogP contribution in [0, 0.1) is 5.92 Å². The van der Waals surface area contributed by atoms with E-state index in [1.165, 1.54) is 42.7 Å². The van der Waals surface area contributed by atoms with Crippen molar-refractivity contribution in [2.45, 2.75) is 26.2 Å². The first kappa shape index (κ1) is 15.3. The summed E-state index contributed by atoms with van der Waals surface area (Å²) in [6, 6.07) is 10.8. The van der Waals surface area contributed by atoms with Gasteiger partial charge in [0, 0.05) is 30.4 Å². The Labute approximate surface area is 133 Å². The Morgan fingerprint density at radius 3 is 2.68 bits per heavy atom. The van der Waals surface area contributed by atoms with Gasteiger partial charge in [-0.15, -0.1) is 0 Å². The third kappa shape index (κ3) is 3.25. The number of hydrogen-bond donors (Lipinski definition) is 0. The summed E-state index contributed by atoms with van der Waals surface area (Å²) in [6.45, 7) is 5.79. The molecule has 1 fully saturated rings. The van der Waals surface area contributed by atoms with Crippen LogP contribution >= 0.6 is 0 Å². The first-order valence-corrected chi connectivity index (χ1v) is 8.45. The maximum Gasteiger partial charge on any atom is 0.0726 e. The molecule has 3 rings (SSSR count). The highest BCUT2D eigenvalue weighted by atomic mass is 15.1. The fourth-order valence-electron chi connectivity index (χ4n) is 3.44. The molecule has 3 heteroatoms. The van der Waals surface area contributed by atoms with E-state index < -0.39 is 0 Å². The lowest BCUT2D eigenvalue weighted by atomic mass is 9.96. The Hall–Kier alpha value is -1.61. The second kappa shape index (κ2) is 6.66. The van der Waals surface area contributed by atoms with Crippen molar-refractivity contribution in [3.8, 4) is 0 Å². The molecule has 0 aliphatic carbocycles. The van der Waals surface area contributed by atoms with Crippen molar-refractivity contribution in [1.82, 2.24) is 9.88 Å². The summed E-state index contributed by atoms with van der Waals surface area (Å²) in [5, 5.41) is 1.27. The SMILES string of the molecule is CCc1cc(N(C)CC2CCN(C)CC2)c2ccccc2n1. The number of aromatic nitrogens is 1. The zero-order chi connectivity index (χ0) is 15.5. The Morgan fingerprint density at radius 1 is 1.23 bits per heavy atom. The molecule has 0 unspecified atom stereocenters. The van der Waals surface area contributed by atoms with Gasteiger partial charge in [0.2, 0.25) is 0 Å². The van der Waals surface area contributed by atoms with Crippen LogP contribution in [0.4, 0.5) is 5.69 Å². The van der Waals surface area contributed by atoms with E-state index in [9.17, 15) is 0 Å². The largest absolute Gasteiger partial charge is 0.374 e. The Morgan fingerprint density at radius 2 is 1.95 bits per heavy atom. The number of fused-ring (bicyclic) bond motifs is 1. The fourth-order valence-corrected chi connectivity index (χ4v) is 3.44. The van der Waals surface area contributed by atoms with Crippen LogP contribution in [0.15, 0.2) is 30.3 Å². The first-order valence-electron chi connectivity index (χ1n) is 8.45. The lowest BCUT2D eigenvalue weighted by Gasteiger charge is -2.33. The third-order valence-corrected chi connectivity index (χ3v) is 4.89. The molecular formula is C19H27N3. The number of likely N-dealkylation sites (tertiary alicyclic amines) is 1. The average molecular weight is 297 g/mol. The van der Waals surface area contributed by atoms with E-state index in [-0.39, 0.29) is 0 Å². The quantitative estimate of drug-likeness (QED) is 0.860. The van der Waals surface area contributed by atoms with Crippen LogP contribution in [0.1, 0.15) is 25.5 Å². The predicted molar refractivity (Wildman–Crippen MR) is 94.6 cm³/mol. The molecule has 118 valence electrons. The molecule has 0 atom stereocenters. The van der Waals surface area contributed by atoms with E-state index in [4.69, 9.17) is 4.98 Å². The normalized spacial score (nSPS) is 17.0. The maximum absolute atomic E-state index is 4.76. The van der Waals surface area contributed by atoms with Crippen LogP contribution in [-0.2, 0) is 6.42 Å². The van der Waals surface area contributed by atoms with E-state index in [0.717, 1.165) is 24.4 Å². The van der Waals surface area contributed by atoms with Gasteiger partial charge in [0.25, 0.3) is 0 Å². The molecule has 22 heavy (non-hydrogen) atoms. The van der Waals surface area contributed by atoms with Crippen molar-refractivity contribution >= 4 is 16.6 Å². The van der Waals surface area contributed by atoms with Gasteiger partial charge in [0.05, 0.1) is 5.52 Å². The number of anilines is 1. The Balaban J connectivity index is 1.85. The van der Waals surface area contributed by atoms with Crippen molar-refractivity contribution in [2.75, 3.05) is 38.6 Å². The van der Waals surface area contributed by atoms with Crippen molar-refractivity contribution < 1.29 is 0 Å². The molecule has 1 aromatic heterocycles. The highest BCUT2D eigenvalue weighted by Gasteiger charge is 2.19. The van der Waals surface area contributed by atoms with E-state index >= 15 is 0 Å². The number of pyridine rings is 1. The smallest absolute Gasteiger partial charge is 0.0726 e. The maximum atomic E-state index is 4.76. The zero-order valence-corrected chi connectivity index (χ0v) is 14.0. The van der Waals surface area contributed by atoms with Gasteiger partial charge in [-0.3, -0.25) is 4.98 Å². The summed E-state index contributed by atoms with van der Waals surface area (Å²) < 4.78 is 0. The van der Waals surface area contributed by atoms with E-state index in [1.54, 1.807) is 0 Å². The summed E-state index contributed by atoms with van der Waals surface area (Å²) in [6.07, 6.45) is 3.61. The minimum Gasteiger partial charge on any atom is -0.374 e. The van der Waals surface area contributed by atoms with Crippen molar-refractivity contribution in [1.29, 1.82) is 0 Å². The number of benzene rings is 1. The van der Waals surface area contributed by atoms with Gasteiger partial charge in [-0.1, -0.05) is 25.1 Å². The van der Waals surface area contributed by atoms with Crippen LogP contribution in [0.25, 0.3) is 10.9 Å². The minimum absolute atomic E-state index is 0.804. The number of rotatable bonds is 4. The molecule has 0 amide bonds. The van der Waals surface area contributed by atoms with Crippen LogP contribution in [-0.4, -0.2) is 43.6 Å².